The molecule has 170 valence electrons. The highest BCUT2D eigenvalue weighted by Gasteiger charge is 2.40. The lowest BCUT2D eigenvalue weighted by atomic mass is 10.0. The molecule has 3 rings (SSSR count). The molecule has 0 N–H and O–H groups in total. The molecule has 32 heavy (non-hydrogen) atoms. The van der Waals surface area contributed by atoms with Crippen LogP contribution in [0.3, 0.4) is 0 Å². The fourth-order valence-electron chi connectivity index (χ4n) is 4.01. The van der Waals surface area contributed by atoms with Crippen LogP contribution in [-0.4, -0.2) is 49.4 Å². The highest BCUT2D eigenvalue weighted by atomic mass is 16.5. The van der Waals surface area contributed by atoms with Crippen LogP contribution in [0, 0.1) is 0 Å². The Hall–Kier alpha value is -3.28. The molecule has 0 unspecified atom stereocenters. The summed E-state index contributed by atoms with van der Waals surface area (Å²) >= 11 is 0. The molecule has 2 aromatic rings. The van der Waals surface area contributed by atoms with Crippen molar-refractivity contribution in [3.63, 3.8) is 0 Å². The number of unbranched alkanes of at least 4 members (excludes halogenated alkanes) is 3. The lowest BCUT2D eigenvalue weighted by molar-refractivity contribution is -0.137. The maximum Gasteiger partial charge on any atom is 0.277 e. The second-order valence-electron chi connectivity index (χ2n) is 7.96. The molecule has 0 spiro atoms. The average molecular weight is 437 g/mol. The van der Waals surface area contributed by atoms with Gasteiger partial charge in [-0.1, -0.05) is 62.6 Å². The summed E-state index contributed by atoms with van der Waals surface area (Å²) in [5.41, 5.74) is 2.54. The smallest absolute Gasteiger partial charge is 0.277 e. The summed E-state index contributed by atoms with van der Waals surface area (Å²) in [4.78, 5) is 30.1. The minimum absolute atomic E-state index is 0.241. The van der Waals surface area contributed by atoms with Crippen molar-refractivity contribution in [2.24, 2.45) is 0 Å². The SMILES string of the molecule is CCCCCCN1C(=O)C(c2ccc(OC)c(OC)c2)=C(N(C)Cc2ccccc2)C1=O. The van der Waals surface area contributed by atoms with Gasteiger partial charge in [-0.2, -0.15) is 0 Å². The van der Waals surface area contributed by atoms with Gasteiger partial charge in [0, 0.05) is 20.1 Å². The van der Waals surface area contributed by atoms with E-state index in [1.807, 2.05) is 42.3 Å². The summed E-state index contributed by atoms with van der Waals surface area (Å²) in [6.45, 7) is 3.09. The van der Waals surface area contributed by atoms with Gasteiger partial charge in [-0.05, 0) is 29.7 Å². The van der Waals surface area contributed by atoms with E-state index in [4.69, 9.17) is 9.47 Å². The highest BCUT2D eigenvalue weighted by Crippen LogP contribution is 2.36. The lowest BCUT2D eigenvalue weighted by Crippen LogP contribution is -2.34. The molecule has 1 aliphatic heterocycles. The third-order valence-corrected chi connectivity index (χ3v) is 5.70. The van der Waals surface area contributed by atoms with Crippen LogP contribution in [0.1, 0.15) is 43.7 Å². The summed E-state index contributed by atoms with van der Waals surface area (Å²) in [6, 6.07) is 15.2. The average Bonchev–Trinajstić information content (AvgIpc) is 3.06. The molecule has 6 heteroatoms. The van der Waals surface area contributed by atoms with Crippen molar-refractivity contribution in [3.05, 3.63) is 65.4 Å². The summed E-state index contributed by atoms with van der Waals surface area (Å²) in [5.74, 6) is 0.594. The van der Waals surface area contributed by atoms with E-state index in [1.54, 1.807) is 32.4 Å². The third kappa shape index (κ3) is 4.96. The normalized spacial score (nSPS) is 13.7. The minimum Gasteiger partial charge on any atom is -0.493 e. The van der Waals surface area contributed by atoms with Crippen LogP contribution >= 0.6 is 0 Å². The minimum atomic E-state index is -0.256. The first-order valence-electron chi connectivity index (χ1n) is 11.1. The van der Waals surface area contributed by atoms with Crippen LogP contribution in [0.25, 0.3) is 5.57 Å². The van der Waals surface area contributed by atoms with Gasteiger partial charge < -0.3 is 14.4 Å². The Morgan fingerprint density at radius 2 is 1.59 bits per heavy atom. The number of benzene rings is 2. The predicted molar refractivity (Wildman–Crippen MR) is 125 cm³/mol. The number of hydrogen-bond donors (Lipinski definition) is 0. The number of ether oxygens (including phenoxy) is 2. The van der Waals surface area contributed by atoms with Crippen molar-refractivity contribution < 1.29 is 19.1 Å². The zero-order valence-corrected chi connectivity index (χ0v) is 19.4. The number of carbonyl (C=O) groups excluding carboxylic acids is 2. The first kappa shape index (κ1) is 23.4. The molecular weight excluding hydrogens is 404 g/mol. The molecule has 0 atom stereocenters. The van der Waals surface area contributed by atoms with Crippen molar-refractivity contribution in [2.45, 2.75) is 39.2 Å². The molecule has 0 saturated heterocycles. The van der Waals surface area contributed by atoms with E-state index in [-0.39, 0.29) is 11.8 Å². The number of nitrogens with zero attached hydrogens (tertiary/aromatic N) is 2. The van der Waals surface area contributed by atoms with E-state index in [9.17, 15) is 9.59 Å². The van der Waals surface area contributed by atoms with E-state index in [0.717, 1.165) is 31.2 Å². The van der Waals surface area contributed by atoms with Gasteiger partial charge in [0.05, 0.1) is 19.8 Å². The first-order valence-corrected chi connectivity index (χ1v) is 11.1. The molecule has 0 radical (unpaired) electrons. The van der Waals surface area contributed by atoms with Gasteiger partial charge in [0.15, 0.2) is 11.5 Å². The molecule has 1 aliphatic rings. The van der Waals surface area contributed by atoms with Crippen molar-refractivity contribution >= 4 is 17.4 Å². The van der Waals surface area contributed by atoms with Crippen molar-refractivity contribution in [2.75, 3.05) is 27.8 Å². The van der Waals surface area contributed by atoms with E-state index in [0.29, 0.717) is 41.4 Å². The van der Waals surface area contributed by atoms with Gasteiger partial charge in [0.1, 0.15) is 5.70 Å². The summed E-state index contributed by atoms with van der Waals surface area (Å²) in [7, 11) is 4.98. The Morgan fingerprint density at radius 3 is 2.25 bits per heavy atom. The van der Waals surface area contributed by atoms with Gasteiger partial charge >= 0.3 is 0 Å². The van der Waals surface area contributed by atoms with E-state index < -0.39 is 0 Å². The number of carbonyl (C=O) groups is 2. The number of methoxy groups -OCH3 is 2. The van der Waals surface area contributed by atoms with Crippen LogP contribution in [0.5, 0.6) is 11.5 Å². The fraction of sp³-hybridized carbons (Fsp3) is 0.385. The summed E-state index contributed by atoms with van der Waals surface area (Å²) in [5, 5.41) is 0. The van der Waals surface area contributed by atoms with Gasteiger partial charge in [0.25, 0.3) is 11.8 Å². The quantitative estimate of drug-likeness (QED) is 0.384. The van der Waals surface area contributed by atoms with Crippen molar-refractivity contribution in [3.8, 4) is 11.5 Å². The second kappa shape index (κ2) is 10.8. The topological polar surface area (TPSA) is 59.1 Å². The number of imide groups is 1. The maximum atomic E-state index is 13.4. The van der Waals surface area contributed by atoms with Gasteiger partial charge in [0.2, 0.25) is 0 Å². The predicted octanol–water partition coefficient (Wildman–Crippen LogP) is 4.50. The molecule has 0 aromatic heterocycles. The number of amides is 2. The van der Waals surface area contributed by atoms with Gasteiger partial charge in [-0.15, -0.1) is 0 Å². The van der Waals surface area contributed by atoms with Crippen molar-refractivity contribution in [1.29, 1.82) is 0 Å². The van der Waals surface area contributed by atoms with E-state index in [2.05, 4.69) is 6.92 Å². The lowest BCUT2D eigenvalue weighted by Gasteiger charge is -2.21. The van der Waals surface area contributed by atoms with Crippen LogP contribution in [0.4, 0.5) is 0 Å². The molecule has 6 nitrogen and oxygen atoms in total. The summed E-state index contributed by atoms with van der Waals surface area (Å²) in [6.07, 6.45) is 3.99. The van der Waals surface area contributed by atoms with E-state index >= 15 is 0 Å². The molecule has 0 bridgehead atoms. The zero-order valence-electron chi connectivity index (χ0n) is 19.4. The third-order valence-electron chi connectivity index (χ3n) is 5.70. The molecule has 0 saturated carbocycles. The number of rotatable bonds is 11. The molecule has 0 aliphatic carbocycles. The molecule has 1 heterocycles. The standard InChI is InChI=1S/C26H32N2O4/c1-5-6-7-11-16-28-25(29)23(20-14-15-21(31-3)22(17-20)32-4)24(26(28)30)27(2)18-19-12-9-8-10-13-19/h8-10,12-15,17H,5-7,11,16,18H2,1-4H3. The zero-order chi connectivity index (χ0) is 23.1. The maximum absolute atomic E-state index is 13.4. The van der Waals surface area contributed by atoms with Crippen LogP contribution < -0.4 is 9.47 Å². The largest absolute Gasteiger partial charge is 0.493 e. The molecular formula is C26H32N2O4. The number of hydrogen-bond acceptors (Lipinski definition) is 5. The Morgan fingerprint density at radius 1 is 0.875 bits per heavy atom. The highest BCUT2D eigenvalue weighted by molar-refractivity contribution is 6.35. The van der Waals surface area contributed by atoms with Gasteiger partial charge in [-0.25, -0.2) is 0 Å². The second-order valence-corrected chi connectivity index (χ2v) is 7.96. The molecule has 2 amide bonds. The monoisotopic (exact) mass is 436 g/mol. The van der Waals surface area contributed by atoms with Crippen LogP contribution in [0.2, 0.25) is 0 Å². The van der Waals surface area contributed by atoms with E-state index in [1.165, 1.54) is 4.90 Å². The Labute approximate surface area is 190 Å². The Balaban J connectivity index is 1.99. The first-order chi connectivity index (χ1) is 15.5. The fourth-order valence-corrected chi connectivity index (χ4v) is 4.01. The summed E-state index contributed by atoms with van der Waals surface area (Å²) < 4.78 is 10.8. The Bertz CT molecular complexity index is 985. The molecule has 2 aromatic carbocycles. The van der Waals surface area contributed by atoms with Crippen LogP contribution in [0.15, 0.2) is 54.2 Å². The molecule has 0 fully saturated rings. The number of likely N-dealkylation sites (N-methyl/N-ethyl adjacent to an activating group) is 1. The van der Waals surface area contributed by atoms with Crippen LogP contribution in [-0.2, 0) is 16.1 Å². The Kier molecular flexibility index (Phi) is 7.92. The van der Waals surface area contributed by atoms with Gasteiger partial charge in [-0.3, -0.25) is 14.5 Å². The van der Waals surface area contributed by atoms with Crippen molar-refractivity contribution in [1.82, 2.24) is 9.80 Å².